The van der Waals surface area contributed by atoms with Crippen molar-refractivity contribution in [3.8, 4) is 0 Å². The molecule has 0 N–H and O–H groups in total. The van der Waals surface area contributed by atoms with Crippen LogP contribution in [-0.4, -0.2) is 9.97 Å². The summed E-state index contributed by atoms with van der Waals surface area (Å²) in [5.41, 5.74) is 2.60. The minimum absolute atomic E-state index is 0.611. The molecule has 0 bridgehead atoms. The molecule has 1 saturated carbocycles. The molecule has 2 nitrogen and oxygen atoms in total. The Bertz CT molecular complexity index is 461. The molecule has 1 fully saturated rings. The van der Waals surface area contributed by atoms with E-state index >= 15 is 0 Å². The normalized spacial score (nSPS) is 21.1. The van der Waals surface area contributed by atoms with Crippen LogP contribution in [0.25, 0.3) is 0 Å². The Morgan fingerprint density at radius 1 is 0.917 bits per heavy atom. The summed E-state index contributed by atoms with van der Waals surface area (Å²) >= 11 is 0. The van der Waals surface area contributed by atoms with Gasteiger partial charge in [0.1, 0.15) is 5.82 Å². The molecule has 1 aromatic rings. The van der Waals surface area contributed by atoms with Gasteiger partial charge in [0, 0.05) is 17.8 Å². The molecule has 136 valence electrons. The maximum atomic E-state index is 4.89. The van der Waals surface area contributed by atoms with Crippen LogP contribution >= 0.6 is 0 Å². The second-order valence-corrected chi connectivity index (χ2v) is 7.86. The van der Waals surface area contributed by atoms with Crippen LogP contribution in [-0.2, 0) is 6.42 Å². The van der Waals surface area contributed by atoms with Crippen LogP contribution < -0.4 is 0 Å². The van der Waals surface area contributed by atoms with Crippen LogP contribution in [0.1, 0.15) is 114 Å². The second kappa shape index (κ2) is 10.8. The quantitative estimate of drug-likeness (QED) is 0.443. The maximum absolute atomic E-state index is 4.89. The van der Waals surface area contributed by atoms with E-state index in [2.05, 4.69) is 27.0 Å². The van der Waals surface area contributed by atoms with Crippen molar-refractivity contribution < 1.29 is 0 Å². The molecule has 24 heavy (non-hydrogen) atoms. The van der Waals surface area contributed by atoms with Crippen LogP contribution in [0.4, 0.5) is 0 Å². The molecule has 0 atom stereocenters. The van der Waals surface area contributed by atoms with E-state index in [-0.39, 0.29) is 0 Å². The van der Waals surface area contributed by atoms with E-state index in [0.29, 0.717) is 5.92 Å². The number of aromatic nitrogens is 2. The Morgan fingerprint density at radius 2 is 1.62 bits per heavy atom. The Kier molecular flexibility index (Phi) is 8.77. The van der Waals surface area contributed by atoms with Crippen LogP contribution in [0.2, 0.25) is 0 Å². The van der Waals surface area contributed by atoms with Gasteiger partial charge in [-0.05, 0) is 56.9 Å². The summed E-state index contributed by atoms with van der Waals surface area (Å²) in [4.78, 5) is 9.64. The highest BCUT2D eigenvalue weighted by Crippen LogP contribution is 2.36. The van der Waals surface area contributed by atoms with E-state index < -0.39 is 0 Å². The van der Waals surface area contributed by atoms with Gasteiger partial charge in [-0.1, -0.05) is 58.8 Å². The molecule has 1 aliphatic carbocycles. The molecule has 0 saturated heterocycles. The molecule has 0 aliphatic heterocycles. The maximum Gasteiger partial charge on any atom is 0.131 e. The average Bonchev–Trinajstić information content (AvgIpc) is 2.60. The van der Waals surface area contributed by atoms with Crippen molar-refractivity contribution in [3.63, 3.8) is 0 Å². The highest BCUT2D eigenvalue weighted by Gasteiger charge is 2.23. The molecule has 0 radical (unpaired) electrons. The van der Waals surface area contributed by atoms with Crippen molar-refractivity contribution in [2.75, 3.05) is 0 Å². The Balaban J connectivity index is 1.77. The predicted molar refractivity (Wildman–Crippen MR) is 103 cm³/mol. The van der Waals surface area contributed by atoms with Gasteiger partial charge >= 0.3 is 0 Å². The smallest absolute Gasteiger partial charge is 0.131 e. The predicted octanol–water partition coefficient (Wildman–Crippen LogP) is 6.76. The zero-order valence-electron chi connectivity index (χ0n) is 16.3. The van der Waals surface area contributed by atoms with E-state index in [0.717, 1.165) is 18.2 Å². The summed E-state index contributed by atoms with van der Waals surface area (Å²) in [5.74, 6) is 2.69. The first-order valence-electron chi connectivity index (χ1n) is 10.6. The van der Waals surface area contributed by atoms with Gasteiger partial charge in [-0.25, -0.2) is 9.97 Å². The average molecular weight is 331 g/mol. The largest absolute Gasteiger partial charge is 0.241 e. The van der Waals surface area contributed by atoms with Gasteiger partial charge in [-0.3, -0.25) is 0 Å². The third-order valence-electron chi connectivity index (χ3n) is 5.81. The number of hydrogen-bond donors (Lipinski definition) is 0. The van der Waals surface area contributed by atoms with Crippen molar-refractivity contribution in [1.82, 2.24) is 9.97 Å². The van der Waals surface area contributed by atoms with Gasteiger partial charge in [0.2, 0.25) is 0 Å². The van der Waals surface area contributed by atoms with Crippen LogP contribution in [0.5, 0.6) is 0 Å². The number of hydrogen-bond acceptors (Lipinski definition) is 2. The number of rotatable bonds is 10. The SMILES string of the molecule is CCCCCCCCc1cnc(C2CCC(CCC)CC2)nc1C. The molecule has 2 rings (SSSR count). The first-order chi connectivity index (χ1) is 11.7. The monoisotopic (exact) mass is 330 g/mol. The van der Waals surface area contributed by atoms with E-state index in [1.54, 1.807) is 0 Å². The zero-order valence-corrected chi connectivity index (χ0v) is 16.3. The van der Waals surface area contributed by atoms with Crippen molar-refractivity contribution in [1.29, 1.82) is 0 Å². The molecule has 1 aromatic heterocycles. The van der Waals surface area contributed by atoms with Gasteiger partial charge in [0.15, 0.2) is 0 Å². The third kappa shape index (κ3) is 6.18. The summed E-state index contributed by atoms with van der Waals surface area (Å²) in [6.07, 6.45) is 19.5. The molecule has 1 aliphatic rings. The van der Waals surface area contributed by atoms with Crippen molar-refractivity contribution >= 4 is 0 Å². The third-order valence-corrected chi connectivity index (χ3v) is 5.81. The fourth-order valence-electron chi connectivity index (χ4n) is 4.17. The fourth-order valence-corrected chi connectivity index (χ4v) is 4.17. The lowest BCUT2D eigenvalue weighted by Crippen LogP contribution is -2.16. The minimum Gasteiger partial charge on any atom is -0.241 e. The molecule has 0 spiro atoms. The van der Waals surface area contributed by atoms with Crippen molar-refractivity contribution in [3.05, 3.63) is 23.3 Å². The molecule has 0 unspecified atom stereocenters. The Hall–Kier alpha value is -0.920. The number of unbranched alkanes of at least 4 members (excludes halogenated alkanes) is 5. The lowest BCUT2D eigenvalue weighted by Gasteiger charge is -2.27. The molecule has 0 aromatic carbocycles. The van der Waals surface area contributed by atoms with Crippen LogP contribution in [0.3, 0.4) is 0 Å². The van der Waals surface area contributed by atoms with Crippen LogP contribution in [0, 0.1) is 12.8 Å². The van der Waals surface area contributed by atoms with Crippen molar-refractivity contribution in [2.45, 2.75) is 110 Å². The standard InChI is InChI=1S/C22H38N2/c1-4-6-7-8-9-10-12-21-17-23-22(24-18(21)3)20-15-13-19(11-5-2)14-16-20/h17,19-20H,4-16H2,1-3H3. The van der Waals surface area contributed by atoms with E-state index in [4.69, 9.17) is 9.97 Å². The molecular formula is C22H38N2. The summed E-state index contributed by atoms with van der Waals surface area (Å²) < 4.78 is 0. The summed E-state index contributed by atoms with van der Waals surface area (Å²) in [5, 5.41) is 0. The van der Waals surface area contributed by atoms with Gasteiger partial charge < -0.3 is 0 Å². The van der Waals surface area contributed by atoms with Gasteiger partial charge in [0.05, 0.1) is 0 Å². The fraction of sp³-hybridized carbons (Fsp3) is 0.818. The molecule has 1 heterocycles. The van der Waals surface area contributed by atoms with Gasteiger partial charge in [-0.2, -0.15) is 0 Å². The number of nitrogens with zero attached hydrogens (tertiary/aromatic N) is 2. The minimum atomic E-state index is 0.611. The lowest BCUT2D eigenvalue weighted by atomic mass is 9.79. The molecule has 2 heteroatoms. The topological polar surface area (TPSA) is 25.8 Å². The summed E-state index contributed by atoms with van der Waals surface area (Å²) in [6.45, 7) is 6.76. The molecule has 0 amide bonds. The van der Waals surface area contributed by atoms with Gasteiger partial charge in [-0.15, -0.1) is 0 Å². The van der Waals surface area contributed by atoms with Crippen molar-refractivity contribution in [2.24, 2.45) is 5.92 Å². The van der Waals surface area contributed by atoms with E-state index in [1.807, 2.05) is 0 Å². The second-order valence-electron chi connectivity index (χ2n) is 7.86. The first-order valence-corrected chi connectivity index (χ1v) is 10.6. The van der Waals surface area contributed by atoms with Crippen LogP contribution in [0.15, 0.2) is 6.20 Å². The van der Waals surface area contributed by atoms with Gasteiger partial charge in [0.25, 0.3) is 0 Å². The first kappa shape index (κ1) is 19.4. The lowest BCUT2D eigenvalue weighted by molar-refractivity contribution is 0.302. The Morgan fingerprint density at radius 3 is 2.29 bits per heavy atom. The van der Waals surface area contributed by atoms with E-state index in [9.17, 15) is 0 Å². The summed E-state index contributed by atoms with van der Waals surface area (Å²) in [7, 11) is 0. The summed E-state index contributed by atoms with van der Waals surface area (Å²) in [6, 6.07) is 0. The number of aryl methyl sites for hydroxylation is 2. The highest BCUT2D eigenvalue weighted by molar-refractivity contribution is 5.17. The highest BCUT2D eigenvalue weighted by atomic mass is 14.9. The molecular weight excluding hydrogens is 292 g/mol. The zero-order chi connectivity index (χ0) is 17.2. The van der Waals surface area contributed by atoms with E-state index in [1.165, 1.54) is 88.3 Å². The Labute approximate surface area is 149 Å².